The van der Waals surface area contributed by atoms with Crippen molar-refractivity contribution < 1.29 is 9.90 Å². The Kier molecular flexibility index (Phi) is 5.50. The highest BCUT2D eigenvalue weighted by molar-refractivity contribution is 9.10. The van der Waals surface area contributed by atoms with Crippen LogP contribution in [0.2, 0.25) is 0 Å². The van der Waals surface area contributed by atoms with Crippen LogP contribution >= 0.6 is 15.9 Å². The van der Waals surface area contributed by atoms with Crippen molar-refractivity contribution in [2.75, 3.05) is 6.61 Å². The van der Waals surface area contributed by atoms with Crippen LogP contribution < -0.4 is 5.32 Å². The van der Waals surface area contributed by atoms with Gasteiger partial charge in [-0.15, -0.1) is 0 Å². The van der Waals surface area contributed by atoms with Crippen molar-refractivity contribution in [2.24, 2.45) is 5.41 Å². The molecule has 2 N–H and O–H groups in total. The van der Waals surface area contributed by atoms with Crippen LogP contribution in [0.15, 0.2) is 16.7 Å². The molecular weight excluding hydrogens is 308 g/mol. The van der Waals surface area contributed by atoms with Gasteiger partial charge in [-0.1, -0.05) is 20.8 Å². The third-order valence-electron chi connectivity index (χ3n) is 2.65. The molecule has 1 aromatic rings. The van der Waals surface area contributed by atoms with Gasteiger partial charge >= 0.3 is 0 Å². The van der Waals surface area contributed by atoms with Gasteiger partial charge in [0.1, 0.15) is 4.60 Å². The molecule has 19 heavy (non-hydrogen) atoms. The maximum absolute atomic E-state index is 12.1. The average Bonchev–Trinajstić information content (AvgIpc) is 2.25. The molecule has 0 radical (unpaired) electrons. The standard InChI is InChI=1S/C14H21BrN2O2/c1-9-5-6-11(12(15)16-9)13(19)17-10(8-18)7-14(2,3)4/h5-6,10,18H,7-8H2,1-4H3,(H,17,19). The van der Waals surface area contributed by atoms with E-state index in [1.54, 1.807) is 12.1 Å². The summed E-state index contributed by atoms with van der Waals surface area (Å²) in [6.07, 6.45) is 0.714. The number of carbonyl (C=O) groups is 1. The number of rotatable bonds is 4. The summed E-state index contributed by atoms with van der Waals surface area (Å²) >= 11 is 3.29. The SMILES string of the molecule is Cc1ccc(C(=O)NC(CO)CC(C)(C)C)c(Br)n1. The molecule has 1 unspecified atom stereocenters. The highest BCUT2D eigenvalue weighted by Crippen LogP contribution is 2.21. The molecule has 0 spiro atoms. The second-order valence-electron chi connectivity index (χ2n) is 5.91. The van der Waals surface area contributed by atoms with E-state index in [1.165, 1.54) is 0 Å². The quantitative estimate of drug-likeness (QED) is 0.835. The van der Waals surface area contributed by atoms with Gasteiger partial charge in [-0.25, -0.2) is 4.98 Å². The molecule has 1 atom stereocenters. The summed E-state index contributed by atoms with van der Waals surface area (Å²) < 4.78 is 0.525. The number of halogens is 1. The van der Waals surface area contributed by atoms with Crippen LogP contribution in [-0.2, 0) is 0 Å². The lowest BCUT2D eigenvalue weighted by Gasteiger charge is -2.25. The lowest BCUT2D eigenvalue weighted by Crippen LogP contribution is -2.40. The third kappa shape index (κ3) is 5.28. The van der Waals surface area contributed by atoms with Gasteiger partial charge in [0.15, 0.2) is 0 Å². The molecule has 4 nitrogen and oxygen atoms in total. The first-order valence-electron chi connectivity index (χ1n) is 6.28. The van der Waals surface area contributed by atoms with Crippen LogP contribution in [0.5, 0.6) is 0 Å². The molecule has 1 amide bonds. The Bertz CT molecular complexity index is 455. The molecule has 1 heterocycles. The second-order valence-corrected chi connectivity index (χ2v) is 6.66. The zero-order valence-electron chi connectivity index (χ0n) is 11.8. The van der Waals surface area contributed by atoms with Crippen molar-refractivity contribution >= 4 is 21.8 Å². The molecule has 106 valence electrons. The fourth-order valence-corrected chi connectivity index (χ4v) is 2.45. The van der Waals surface area contributed by atoms with Crippen molar-refractivity contribution in [2.45, 2.75) is 40.2 Å². The number of carbonyl (C=O) groups excluding carboxylic acids is 1. The first-order valence-corrected chi connectivity index (χ1v) is 7.07. The van der Waals surface area contributed by atoms with Gasteiger partial charge < -0.3 is 10.4 Å². The van der Waals surface area contributed by atoms with Crippen molar-refractivity contribution in [1.82, 2.24) is 10.3 Å². The number of hydrogen-bond acceptors (Lipinski definition) is 3. The van der Waals surface area contributed by atoms with Gasteiger partial charge in [0.25, 0.3) is 5.91 Å². The highest BCUT2D eigenvalue weighted by atomic mass is 79.9. The number of aliphatic hydroxyl groups is 1. The minimum atomic E-state index is -0.249. The van der Waals surface area contributed by atoms with E-state index in [0.29, 0.717) is 16.6 Å². The fraction of sp³-hybridized carbons (Fsp3) is 0.571. The Morgan fingerprint density at radius 3 is 2.58 bits per heavy atom. The summed E-state index contributed by atoms with van der Waals surface area (Å²) in [6, 6.07) is 3.27. The van der Waals surface area contributed by atoms with Crippen molar-refractivity contribution in [3.63, 3.8) is 0 Å². The molecule has 1 rings (SSSR count). The molecule has 0 saturated carbocycles. The largest absolute Gasteiger partial charge is 0.394 e. The molecule has 5 heteroatoms. The third-order valence-corrected chi connectivity index (χ3v) is 3.25. The van der Waals surface area contributed by atoms with E-state index in [2.05, 4.69) is 47.0 Å². The van der Waals surface area contributed by atoms with Gasteiger partial charge in [-0.2, -0.15) is 0 Å². The summed E-state index contributed by atoms with van der Waals surface area (Å²) in [4.78, 5) is 16.3. The lowest BCUT2D eigenvalue weighted by molar-refractivity contribution is 0.0896. The summed E-state index contributed by atoms with van der Waals surface area (Å²) in [5.41, 5.74) is 1.37. The fourth-order valence-electron chi connectivity index (χ4n) is 1.86. The molecule has 0 aromatic carbocycles. The number of aryl methyl sites for hydroxylation is 1. The van der Waals surface area contributed by atoms with Gasteiger partial charge in [-0.05, 0) is 46.8 Å². The van der Waals surface area contributed by atoms with Crippen molar-refractivity contribution in [1.29, 1.82) is 0 Å². The van der Waals surface area contributed by atoms with E-state index in [1.807, 2.05) is 6.92 Å². The van der Waals surface area contributed by atoms with Crippen LogP contribution in [-0.4, -0.2) is 28.6 Å². The molecule has 0 fully saturated rings. The van der Waals surface area contributed by atoms with E-state index in [0.717, 1.165) is 5.69 Å². The van der Waals surface area contributed by atoms with E-state index < -0.39 is 0 Å². The minimum absolute atomic E-state index is 0.0451. The molecule has 0 bridgehead atoms. The Morgan fingerprint density at radius 2 is 2.11 bits per heavy atom. The van der Waals surface area contributed by atoms with E-state index in [-0.39, 0.29) is 24.0 Å². The smallest absolute Gasteiger partial charge is 0.254 e. The lowest BCUT2D eigenvalue weighted by atomic mass is 9.88. The first-order chi connectivity index (χ1) is 8.73. The highest BCUT2D eigenvalue weighted by Gasteiger charge is 2.21. The topological polar surface area (TPSA) is 62.2 Å². The number of aromatic nitrogens is 1. The number of pyridine rings is 1. The molecule has 0 saturated heterocycles. The number of amides is 1. The molecular formula is C14H21BrN2O2. The van der Waals surface area contributed by atoms with Crippen LogP contribution in [0, 0.1) is 12.3 Å². The van der Waals surface area contributed by atoms with Crippen LogP contribution in [0.3, 0.4) is 0 Å². The number of hydrogen-bond donors (Lipinski definition) is 2. The van der Waals surface area contributed by atoms with E-state index >= 15 is 0 Å². The Labute approximate surface area is 122 Å². The predicted octanol–water partition coefficient (Wildman–Crippen LogP) is 2.68. The summed E-state index contributed by atoms with van der Waals surface area (Å²) in [5, 5.41) is 12.2. The van der Waals surface area contributed by atoms with Gasteiger partial charge in [-0.3, -0.25) is 4.79 Å². The Balaban J connectivity index is 2.77. The number of aliphatic hydroxyl groups excluding tert-OH is 1. The number of nitrogens with one attached hydrogen (secondary N) is 1. The van der Waals surface area contributed by atoms with Gasteiger partial charge in [0.2, 0.25) is 0 Å². The molecule has 0 aliphatic rings. The monoisotopic (exact) mass is 328 g/mol. The van der Waals surface area contributed by atoms with E-state index in [9.17, 15) is 9.90 Å². The molecule has 0 aliphatic carbocycles. The average molecular weight is 329 g/mol. The molecule has 0 aliphatic heterocycles. The van der Waals surface area contributed by atoms with Crippen LogP contribution in [0.25, 0.3) is 0 Å². The zero-order valence-corrected chi connectivity index (χ0v) is 13.4. The van der Waals surface area contributed by atoms with Gasteiger partial charge in [0, 0.05) is 5.69 Å². The minimum Gasteiger partial charge on any atom is -0.394 e. The van der Waals surface area contributed by atoms with Crippen LogP contribution in [0.1, 0.15) is 43.2 Å². The first kappa shape index (κ1) is 16.1. The van der Waals surface area contributed by atoms with Crippen molar-refractivity contribution in [3.8, 4) is 0 Å². The predicted molar refractivity (Wildman–Crippen MR) is 79.1 cm³/mol. The zero-order chi connectivity index (χ0) is 14.6. The maximum atomic E-state index is 12.1. The Morgan fingerprint density at radius 1 is 1.47 bits per heavy atom. The summed E-state index contributed by atoms with van der Waals surface area (Å²) in [7, 11) is 0. The molecule has 1 aromatic heterocycles. The Hall–Kier alpha value is -0.940. The van der Waals surface area contributed by atoms with E-state index in [4.69, 9.17) is 0 Å². The number of nitrogens with zero attached hydrogens (tertiary/aromatic N) is 1. The van der Waals surface area contributed by atoms with Gasteiger partial charge in [0.05, 0.1) is 18.2 Å². The van der Waals surface area contributed by atoms with Crippen molar-refractivity contribution in [3.05, 3.63) is 28.0 Å². The van der Waals surface area contributed by atoms with Crippen LogP contribution in [0.4, 0.5) is 0 Å². The summed E-state index contributed by atoms with van der Waals surface area (Å²) in [5.74, 6) is -0.220. The normalized spacial score (nSPS) is 13.2. The summed E-state index contributed by atoms with van der Waals surface area (Å²) in [6.45, 7) is 8.02. The second kappa shape index (κ2) is 6.48. The maximum Gasteiger partial charge on any atom is 0.254 e.